The highest BCUT2D eigenvalue weighted by Crippen LogP contribution is 2.25. The number of ether oxygens (including phenoxy) is 1. The summed E-state index contributed by atoms with van der Waals surface area (Å²) >= 11 is 0. The van der Waals surface area contributed by atoms with Crippen LogP contribution >= 0.6 is 0 Å². The Morgan fingerprint density at radius 3 is 2.74 bits per heavy atom. The van der Waals surface area contributed by atoms with Gasteiger partial charge in [0.2, 0.25) is 10.0 Å². The van der Waals surface area contributed by atoms with Crippen molar-refractivity contribution in [3.05, 3.63) is 47.9 Å². The molecule has 1 aromatic heterocycles. The Labute approximate surface area is 137 Å². The maximum atomic E-state index is 12.6. The molecule has 0 saturated carbocycles. The first-order valence-corrected chi connectivity index (χ1v) is 9.26. The van der Waals surface area contributed by atoms with E-state index in [4.69, 9.17) is 9.15 Å². The summed E-state index contributed by atoms with van der Waals surface area (Å²) in [5, 5.41) is 0. The number of unbranched alkanes of at least 4 members (excludes halogenated alkanes) is 2. The summed E-state index contributed by atoms with van der Waals surface area (Å²) in [5.41, 5.74) is 0.865. The van der Waals surface area contributed by atoms with Gasteiger partial charge >= 0.3 is 0 Å². The maximum Gasteiger partial charge on any atom is 0.244 e. The van der Waals surface area contributed by atoms with Crippen LogP contribution in [0, 0.1) is 6.92 Å². The SMILES string of the molecule is CCCCCOc1ccc(C)cc1S(=O)(=O)NCc1ccco1. The van der Waals surface area contributed by atoms with E-state index in [2.05, 4.69) is 11.6 Å². The summed E-state index contributed by atoms with van der Waals surface area (Å²) in [4.78, 5) is 0.167. The predicted molar refractivity (Wildman–Crippen MR) is 88.9 cm³/mol. The fourth-order valence-electron chi connectivity index (χ4n) is 2.14. The van der Waals surface area contributed by atoms with Gasteiger partial charge in [0.25, 0.3) is 0 Å². The van der Waals surface area contributed by atoms with Crippen LogP contribution in [0.1, 0.15) is 37.5 Å². The Bertz CT molecular complexity index is 708. The van der Waals surface area contributed by atoms with E-state index in [1.54, 1.807) is 24.3 Å². The molecule has 126 valence electrons. The molecule has 2 rings (SSSR count). The first-order valence-electron chi connectivity index (χ1n) is 7.78. The highest BCUT2D eigenvalue weighted by molar-refractivity contribution is 7.89. The molecular weight excluding hydrogens is 314 g/mol. The lowest BCUT2D eigenvalue weighted by molar-refractivity contribution is 0.298. The van der Waals surface area contributed by atoms with Crippen LogP contribution in [0.25, 0.3) is 0 Å². The number of aryl methyl sites for hydroxylation is 1. The van der Waals surface area contributed by atoms with Crippen molar-refractivity contribution >= 4 is 10.0 Å². The van der Waals surface area contributed by atoms with Crippen LogP contribution in [0.5, 0.6) is 5.75 Å². The average molecular weight is 337 g/mol. The Balaban J connectivity index is 2.13. The van der Waals surface area contributed by atoms with E-state index in [-0.39, 0.29) is 11.4 Å². The zero-order valence-corrected chi connectivity index (χ0v) is 14.4. The largest absolute Gasteiger partial charge is 0.492 e. The zero-order valence-electron chi connectivity index (χ0n) is 13.5. The standard InChI is InChI=1S/C17H23NO4S/c1-3-4-5-10-22-16-9-8-14(2)12-17(16)23(19,20)18-13-15-7-6-11-21-15/h6-9,11-12,18H,3-5,10,13H2,1-2H3. The van der Waals surface area contributed by atoms with E-state index in [0.29, 0.717) is 18.1 Å². The van der Waals surface area contributed by atoms with Crippen molar-refractivity contribution in [2.45, 2.75) is 44.6 Å². The summed E-state index contributed by atoms with van der Waals surface area (Å²) in [5.74, 6) is 0.949. The second kappa shape index (κ2) is 8.17. The number of rotatable bonds is 9. The summed E-state index contributed by atoms with van der Waals surface area (Å²) in [6, 6.07) is 8.63. The van der Waals surface area contributed by atoms with Crippen molar-refractivity contribution in [1.82, 2.24) is 4.72 Å². The predicted octanol–water partition coefficient (Wildman–Crippen LogP) is 3.64. The molecule has 0 aliphatic heterocycles. The van der Waals surface area contributed by atoms with Gasteiger partial charge in [-0.3, -0.25) is 0 Å². The van der Waals surface area contributed by atoms with Gasteiger partial charge in [0.05, 0.1) is 19.4 Å². The minimum Gasteiger partial charge on any atom is -0.492 e. The quantitative estimate of drug-likeness (QED) is 0.709. The van der Waals surface area contributed by atoms with E-state index in [9.17, 15) is 8.42 Å². The Kier molecular flexibility index (Phi) is 6.24. The van der Waals surface area contributed by atoms with Crippen LogP contribution in [-0.2, 0) is 16.6 Å². The van der Waals surface area contributed by atoms with E-state index in [0.717, 1.165) is 24.8 Å². The molecule has 0 amide bonds. The number of hydrogen-bond donors (Lipinski definition) is 1. The van der Waals surface area contributed by atoms with Crippen molar-refractivity contribution in [3.8, 4) is 5.75 Å². The van der Waals surface area contributed by atoms with Gasteiger partial charge in [-0.05, 0) is 43.2 Å². The van der Waals surface area contributed by atoms with Crippen molar-refractivity contribution in [3.63, 3.8) is 0 Å². The van der Waals surface area contributed by atoms with Gasteiger partial charge in [-0.2, -0.15) is 0 Å². The van der Waals surface area contributed by atoms with Gasteiger partial charge in [-0.25, -0.2) is 13.1 Å². The first-order chi connectivity index (χ1) is 11.0. The second-order valence-electron chi connectivity index (χ2n) is 5.41. The number of hydrogen-bond acceptors (Lipinski definition) is 4. The lowest BCUT2D eigenvalue weighted by Gasteiger charge is -2.13. The molecule has 1 aromatic carbocycles. The smallest absolute Gasteiger partial charge is 0.244 e. The third kappa shape index (κ3) is 5.11. The third-order valence-corrected chi connectivity index (χ3v) is 4.83. The fraction of sp³-hybridized carbons (Fsp3) is 0.412. The molecule has 1 heterocycles. The lowest BCUT2D eigenvalue weighted by Crippen LogP contribution is -2.24. The number of sulfonamides is 1. The first kappa shape index (κ1) is 17.6. The molecule has 0 unspecified atom stereocenters. The van der Waals surface area contributed by atoms with Gasteiger partial charge in [-0.1, -0.05) is 25.8 Å². The molecule has 2 aromatic rings. The monoisotopic (exact) mass is 337 g/mol. The molecule has 1 N–H and O–H groups in total. The molecule has 5 nitrogen and oxygen atoms in total. The molecule has 0 saturated heterocycles. The average Bonchev–Trinajstić information content (AvgIpc) is 3.04. The van der Waals surface area contributed by atoms with Crippen molar-refractivity contribution in [1.29, 1.82) is 0 Å². The van der Waals surface area contributed by atoms with Crippen LogP contribution in [0.3, 0.4) is 0 Å². The molecule has 0 spiro atoms. The lowest BCUT2D eigenvalue weighted by atomic mass is 10.2. The molecular formula is C17H23NO4S. The minimum atomic E-state index is -3.67. The summed E-state index contributed by atoms with van der Waals surface area (Å²) in [6.07, 6.45) is 4.57. The van der Waals surface area contributed by atoms with Crippen LogP contribution in [0.2, 0.25) is 0 Å². The van der Waals surface area contributed by atoms with E-state index >= 15 is 0 Å². The highest BCUT2D eigenvalue weighted by atomic mass is 32.2. The van der Waals surface area contributed by atoms with E-state index in [1.165, 1.54) is 6.26 Å². The van der Waals surface area contributed by atoms with E-state index < -0.39 is 10.0 Å². The second-order valence-corrected chi connectivity index (χ2v) is 7.15. The minimum absolute atomic E-state index is 0.110. The topological polar surface area (TPSA) is 68.5 Å². The molecule has 0 atom stereocenters. The highest BCUT2D eigenvalue weighted by Gasteiger charge is 2.20. The van der Waals surface area contributed by atoms with Crippen LogP contribution in [-0.4, -0.2) is 15.0 Å². The number of nitrogens with one attached hydrogen (secondary N) is 1. The summed E-state index contributed by atoms with van der Waals surface area (Å²) < 4.78 is 38.5. The van der Waals surface area contributed by atoms with Gasteiger partial charge in [0, 0.05) is 0 Å². The third-order valence-electron chi connectivity index (χ3n) is 3.41. The van der Waals surface area contributed by atoms with Crippen molar-refractivity contribution in [2.75, 3.05) is 6.61 Å². The summed E-state index contributed by atoms with van der Waals surface area (Å²) in [6.45, 7) is 4.59. The molecule has 0 fully saturated rings. The van der Waals surface area contributed by atoms with Gasteiger partial charge in [-0.15, -0.1) is 0 Å². The molecule has 0 aliphatic rings. The van der Waals surface area contributed by atoms with Crippen molar-refractivity contribution in [2.24, 2.45) is 0 Å². The van der Waals surface area contributed by atoms with Gasteiger partial charge in [0.1, 0.15) is 16.4 Å². The number of benzene rings is 1. The molecule has 0 radical (unpaired) electrons. The maximum absolute atomic E-state index is 12.6. The Morgan fingerprint density at radius 2 is 2.04 bits per heavy atom. The van der Waals surface area contributed by atoms with E-state index in [1.807, 2.05) is 13.0 Å². The van der Waals surface area contributed by atoms with Crippen molar-refractivity contribution < 1.29 is 17.6 Å². The van der Waals surface area contributed by atoms with Crippen LogP contribution in [0.15, 0.2) is 45.9 Å². The molecule has 0 bridgehead atoms. The number of furan rings is 1. The molecule has 23 heavy (non-hydrogen) atoms. The van der Waals surface area contributed by atoms with Gasteiger partial charge in [0.15, 0.2) is 0 Å². The zero-order chi connectivity index (χ0) is 16.7. The molecule has 0 aliphatic carbocycles. The Morgan fingerprint density at radius 1 is 1.22 bits per heavy atom. The normalized spacial score (nSPS) is 11.6. The summed E-state index contributed by atoms with van der Waals surface area (Å²) in [7, 11) is -3.67. The van der Waals surface area contributed by atoms with Crippen LogP contribution in [0.4, 0.5) is 0 Å². The van der Waals surface area contributed by atoms with Gasteiger partial charge < -0.3 is 9.15 Å². The molecule has 6 heteroatoms. The fourth-order valence-corrected chi connectivity index (χ4v) is 3.36. The Hall–Kier alpha value is -1.79. The van der Waals surface area contributed by atoms with Crippen LogP contribution < -0.4 is 9.46 Å².